The summed E-state index contributed by atoms with van der Waals surface area (Å²) in [5, 5.41) is 4.01. The van der Waals surface area contributed by atoms with Crippen molar-refractivity contribution in [3.63, 3.8) is 0 Å². The molecular formula is C21H16ClF2N3O4S. The zero-order valence-electron chi connectivity index (χ0n) is 16.2. The maximum absolute atomic E-state index is 12.6. The molecule has 0 bridgehead atoms. The molecule has 32 heavy (non-hydrogen) atoms. The Morgan fingerprint density at radius 3 is 2.44 bits per heavy atom. The van der Waals surface area contributed by atoms with Gasteiger partial charge < -0.3 is 4.74 Å². The highest BCUT2D eigenvalue weighted by Crippen LogP contribution is 2.24. The first-order chi connectivity index (χ1) is 15.2. The zero-order chi connectivity index (χ0) is 23.1. The fraction of sp³-hybridized carbons (Fsp3) is 0.0476. The maximum atomic E-state index is 12.6. The van der Waals surface area contributed by atoms with Crippen molar-refractivity contribution in [2.75, 3.05) is 4.72 Å². The van der Waals surface area contributed by atoms with Gasteiger partial charge in [-0.05, 0) is 60.2 Å². The summed E-state index contributed by atoms with van der Waals surface area (Å²) >= 11 is 5.99. The highest BCUT2D eigenvalue weighted by atomic mass is 35.5. The largest absolute Gasteiger partial charge is 0.435 e. The lowest BCUT2D eigenvalue weighted by atomic mass is 10.2. The quantitative estimate of drug-likeness (QED) is 0.367. The minimum absolute atomic E-state index is 0.00962. The smallest absolute Gasteiger partial charge is 0.387 e. The average molecular weight is 480 g/mol. The van der Waals surface area contributed by atoms with Crippen molar-refractivity contribution >= 4 is 39.4 Å². The second-order valence-corrected chi connectivity index (χ2v) is 8.35. The predicted octanol–water partition coefficient (Wildman–Crippen LogP) is 4.51. The molecule has 3 aromatic rings. The molecule has 3 rings (SSSR count). The van der Waals surface area contributed by atoms with Crippen molar-refractivity contribution in [3.8, 4) is 5.75 Å². The van der Waals surface area contributed by atoms with Gasteiger partial charge in [0.25, 0.3) is 15.9 Å². The Labute approximate surface area is 187 Å². The Morgan fingerprint density at radius 1 is 1.03 bits per heavy atom. The number of carbonyl (C=O) groups is 1. The summed E-state index contributed by atoms with van der Waals surface area (Å²) in [6.07, 6.45) is 1.30. The van der Waals surface area contributed by atoms with Gasteiger partial charge in [0.2, 0.25) is 0 Å². The molecule has 0 fully saturated rings. The Kier molecular flexibility index (Phi) is 7.39. The molecule has 0 unspecified atom stereocenters. The molecule has 0 atom stereocenters. The number of para-hydroxylation sites is 1. The van der Waals surface area contributed by atoms with Gasteiger partial charge in [-0.25, -0.2) is 13.8 Å². The number of nitrogens with zero attached hydrogens (tertiary/aromatic N) is 1. The molecule has 0 saturated heterocycles. The first-order valence-electron chi connectivity index (χ1n) is 9.00. The van der Waals surface area contributed by atoms with Crippen molar-refractivity contribution in [1.82, 2.24) is 5.43 Å². The Morgan fingerprint density at radius 2 is 1.75 bits per heavy atom. The third kappa shape index (κ3) is 6.25. The third-order valence-corrected chi connectivity index (χ3v) is 5.70. The molecule has 7 nitrogen and oxygen atoms in total. The summed E-state index contributed by atoms with van der Waals surface area (Å²) in [6.45, 7) is -2.92. The number of hydrogen-bond acceptors (Lipinski definition) is 5. The molecule has 0 heterocycles. The number of rotatable bonds is 8. The number of benzene rings is 3. The number of hydrogen-bond donors (Lipinski definition) is 2. The van der Waals surface area contributed by atoms with Crippen molar-refractivity contribution in [2.45, 2.75) is 11.5 Å². The summed E-state index contributed by atoms with van der Waals surface area (Å²) in [5.74, 6) is -0.654. The van der Waals surface area contributed by atoms with Crippen molar-refractivity contribution in [3.05, 3.63) is 88.9 Å². The number of halogens is 3. The topological polar surface area (TPSA) is 96.9 Å². The third-order valence-electron chi connectivity index (χ3n) is 4.01. The van der Waals surface area contributed by atoms with E-state index < -0.39 is 22.5 Å². The van der Waals surface area contributed by atoms with Crippen LogP contribution in [0.4, 0.5) is 14.5 Å². The first kappa shape index (κ1) is 23.2. The molecule has 0 radical (unpaired) electrons. The van der Waals surface area contributed by atoms with Crippen LogP contribution in [0.1, 0.15) is 15.9 Å². The van der Waals surface area contributed by atoms with Crippen LogP contribution in [0.3, 0.4) is 0 Å². The van der Waals surface area contributed by atoms with E-state index in [9.17, 15) is 22.0 Å². The van der Waals surface area contributed by atoms with Gasteiger partial charge in [-0.2, -0.15) is 13.9 Å². The number of anilines is 1. The average Bonchev–Trinajstić information content (AvgIpc) is 2.76. The van der Waals surface area contributed by atoms with Crippen LogP contribution in [-0.2, 0) is 10.0 Å². The highest BCUT2D eigenvalue weighted by molar-refractivity contribution is 7.92. The number of amides is 1. The zero-order valence-corrected chi connectivity index (χ0v) is 17.8. The van der Waals surface area contributed by atoms with Crippen LogP contribution in [0.15, 0.2) is 82.8 Å². The van der Waals surface area contributed by atoms with Gasteiger partial charge in [-0.1, -0.05) is 29.8 Å². The fourth-order valence-corrected chi connectivity index (χ4v) is 3.88. The SMILES string of the molecule is O=C(N/N=C\c1ccc(OC(F)F)cc1)c1cccc(S(=O)(=O)Nc2ccccc2Cl)c1. The first-order valence-corrected chi connectivity index (χ1v) is 10.9. The van der Waals surface area contributed by atoms with Gasteiger partial charge in [0.1, 0.15) is 5.75 Å². The molecule has 0 spiro atoms. The molecule has 0 aliphatic carbocycles. The Bertz CT molecular complexity index is 1240. The minimum Gasteiger partial charge on any atom is -0.435 e. The van der Waals surface area contributed by atoms with E-state index in [4.69, 9.17) is 11.6 Å². The summed E-state index contributed by atoms with van der Waals surface area (Å²) in [4.78, 5) is 12.2. The van der Waals surface area contributed by atoms with Gasteiger partial charge >= 0.3 is 6.61 Å². The molecule has 0 aliphatic rings. The normalized spacial score (nSPS) is 11.5. The molecule has 11 heteroatoms. The molecule has 1 amide bonds. The maximum Gasteiger partial charge on any atom is 0.387 e. The Hall–Kier alpha value is -3.50. The molecule has 0 saturated carbocycles. The molecule has 3 aromatic carbocycles. The van der Waals surface area contributed by atoms with Crippen LogP contribution in [-0.4, -0.2) is 27.2 Å². The van der Waals surface area contributed by atoms with Crippen molar-refractivity contribution < 1.29 is 26.7 Å². The fourth-order valence-electron chi connectivity index (χ4n) is 2.52. The van der Waals surface area contributed by atoms with Crippen LogP contribution in [0.2, 0.25) is 5.02 Å². The van der Waals surface area contributed by atoms with E-state index in [1.54, 1.807) is 18.2 Å². The van der Waals surface area contributed by atoms with E-state index in [1.807, 2.05) is 0 Å². The number of alkyl halides is 2. The number of sulfonamides is 1. The van der Waals surface area contributed by atoms with Crippen LogP contribution in [0, 0.1) is 0 Å². The second kappa shape index (κ2) is 10.2. The summed E-state index contributed by atoms with van der Waals surface area (Å²) in [5.41, 5.74) is 3.06. The van der Waals surface area contributed by atoms with E-state index in [0.29, 0.717) is 5.56 Å². The predicted molar refractivity (Wildman–Crippen MR) is 117 cm³/mol. The monoisotopic (exact) mass is 479 g/mol. The molecular weight excluding hydrogens is 464 g/mol. The summed E-state index contributed by atoms with van der Waals surface area (Å²) in [6, 6.07) is 17.3. The van der Waals surface area contributed by atoms with Gasteiger partial charge in [0.05, 0.1) is 21.8 Å². The van der Waals surface area contributed by atoms with E-state index >= 15 is 0 Å². The summed E-state index contributed by atoms with van der Waals surface area (Å²) in [7, 11) is -3.99. The van der Waals surface area contributed by atoms with E-state index in [1.165, 1.54) is 60.8 Å². The van der Waals surface area contributed by atoms with Gasteiger partial charge in [0, 0.05) is 5.56 Å². The molecule has 0 aliphatic heterocycles. The van der Waals surface area contributed by atoms with E-state index in [2.05, 4.69) is 20.0 Å². The van der Waals surface area contributed by atoms with E-state index in [-0.39, 0.29) is 26.9 Å². The van der Waals surface area contributed by atoms with Gasteiger partial charge in [-0.3, -0.25) is 9.52 Å². The number of hydrazone groups is 1. The number of ether oxygens (including phenoxy) is 1. The van der Waals surface area contributed by atoms with E-state index in [0.717, 1.165) is 0 Å². The van der Waals surface area contributed by atoms with Crippen LogP contribution < -0.4 is 14.9 Å². The van der Waals surface area contributed by atoms with Crippen molar-refractivity contribution in [1.29, 1.82) is 0 Å². The highest BCUT2D eigenvalue weighted by Gasteiger charge is 2.17. The van der Waals surface area contributed by atoms with Gasteiger partial charge in [0.15, 0.2) is 0 Å². The number of nitrogens with one attached hydrogen (secondary N) is 2. The van der Waals surface area contributed by atoms with Crippen LogP contribution >= 0.6 is 11.6 Å². The van der Waals surface area contributed by atoms with Crippen LogP contribution in [0.25, 0.3) is 0 Å². The summed E-state index contributed by atoms with van der Waals surface area (Å²) < 4.78 is 56.2. The lowest BCUT2D eigenvalue weighted by molar-refractivity contribution is -0.0498. The molecule has 2 N–H and O–H groups in total. The van der Waals surface area contributed by atoms with Gasteiger partial charge in [-0.15, -0.1) is 0 Å². The lowest BCUT2D eigenvalue weighted by Gasteiger charge is -2.10. The standard InChI is InChI=1S/C21H16ClF2N3O4S/c22-18-6-1-2-7-19(18)27-32(29,30)17-5-3-4-15(12-17)20(28)26-25-13-14-8-10-16(11-9-14)31-21(23)24/h1-13,21,27H,(H,26,28)/b25-13-. The van der Waals surface area contributed by atoms with Crippen LogP contribution in [0.5, 0.6) is 5.75 Å². The molecule has 0 aromatic heterocycles. The van der Waals surface area contributed by atoms with Crippen molar-refractivity contribution in [2.24, 2.45) is 5.10 Å². The lowest BCUT2D eigenvalue weighted by Crippen LogP contribution is -2.19. The second-order valence-electron chi connectivity index (χ2n) is 6.26. The number of carbonyl (C=O) groups excluding carboxylic acids is 1. The minimum atomic E-state index is -3.99. The molecule has 166 valence electrons. The Balaban J connectivity index is 1.67.